The summed E-state index contributed by atoms with van der Waals surface area (Å²) in [4.78, 5) is 23.4. The van der Waals surface area contributed by atoms with Crippen LogP contribution in [0.25, 0.3) is 0 Å². The van der Waals surface area contributed by atoms with Crippen molar-refractivity contribution in [1.82, 2.24) is 9.78 Å². The molecule has 0 unspecified atom stereocenters. The first-order valence-electron chi connectivity index (χ1n) is 6.48. The second kappa shape index (κ2) is 5.69. The largest absolute Gasteiger partial charge is 0.321 e. The number of amides is 1. The number of rotatable bonds is 4. The number of ketones is 1. The van der Waals surface area contributed by atoms with Gasteiger partial charge in [-0.3, -0.25) is 14.3 Å². The minimum Gasteiger partial charge on any atom is -0.321 e. The van der Waals surface area contributed by atoms with Crippen LogP contribution < -0.4 is 5.32 Å². The first-order valence-corrected chi connectivity index (χ1v) is 6.48. The van der Waals surface area contributed by atoms with Gasteiger partial charge in [0.05, 0.1) is 5.69 Å². The van der Waals surface area contributed by atoms with Crippen LogP contribution in [0.5, 0.6) is 0 Å². The molecule has 0 aliphatic carbocycles. The maximum Gasteiger partial charge on any atom is 0.273 e. The van der Waals surface area contributed by atoms with E-state index in [-0.39, 0.29) is 11.7 Å². The van der Waals surface area contributed by atoms with E-state index < -0.39 is 0 Å². The van der Waals surface area contributed by atoms with Crippen LogP contribution >= 0.6 is 0 Å². The third-order valence-corrected chi connectivity index (χ3v) is 2.98. The van der Waals surface area contributed by atoms with Gasteiger partial charge < -0.3 is 5.32 Å². The predicted octanol–water partition coefficient (Wildman–Crippen LogP) is 2.67. The number of benzene rings is 1. The third-order valence-electron chi connectivity index (χ3n) is 2.98. The lowest BCUT2D eigenvalue weighted by atomic mass is 10.1. The average molecular weight is 271 g/mol. The molecular weight excluding hydrogens is 254 g/mol. The number of aromatic nitrogens is 2. The Morgan fingerprint density at radius 2 is 1.90 bits per heavy atom. The van der Waals surface area contributed by atoms with Gasteiger partial charge in [-0.2, -0.15) is 5.10 Å². The topological polar surface area (TPSA) is 64.0 Å². The molecule has 1 heterocycles. The molecule has 0 aliphatic rings. The Morgan fingerprint density at radius 3 is 2.45 bits per heavy atom. The molecule has 1 amide bonds. The van der Waals surface area contributed by atoms with E-state index in [2.05, 4.69) is 10.4 Å². The van der Waals surface area contributed by atoms with Crippen LogP contribution in [-0.4, -0.2) is 21.5 Å². The number of carbonyl (C=O) groups is 2. The van der Waals surface area contributed by atoms with Crippen LogP contribution in [0, 0.1) is 6.92 Å². The molecule has 1 aromatic carbocycles. The normalized spacial score (nSPS) is 10.3. The van der Waals surface area contributed by atoms with Gasteiger partial charge in [0.25, 0.3) is 5.91 Å². The Kier molecular flexibility index (Phi) is 3.98. The molecule has 104 valence electrons. The van der Waals surface area contributed by atoms with Gasteiger partial charge in [-0.05, 0) is 51.1 Å². The fourth-order valence-corrected chi connectivity index (χ4v) is 1.95. The van der Waals surface area contributed by atoms with Gasteiger partial charge in [-0.15, -0.1) is 0 Å². The number of nitrogens with one attached hydrogen (secondary N) is 1. The summed E-state index contributed by atoms with van der Waals surface area (Å²) in [7, 11) is 0. The minimum absolute atomic E-state index is 0.00237. The molecule has 1 aromatic heterocycles. The molecule has 0 saturated heterocycles. The highest BCUT2D eigenvalue weighted by Crippen LogP contribution is 2.12. The quantitative estimate of drug-likeness (QED) is 0.869. The highest BCUT2D eigenvalue weighted by atomic mass is 16.2. The van der Waals surface area contributed by atoms with Crippen LogP contribution in [0.2, 0.25) is 0 Å². The van der Waals surface area contributed by atoms with E-state index in [1.165, 1.54) is 6.92 Å². The van der Waals surface area contributed by atoms with Crippen molar-refractivity contribution >= 4 is 17.4 Å². The first-order chi connectivity index (χ1) is 9.51. The van der Waals surface area contributed by atoms with Crippen molar-refractivity contribution in [1.29, 1.82) is 0 Å². The minimum atomic E-state index is -0.206. The molecule has 20 heavy (non-hydrogen) atoms. The maximum absolute atomic E-state index is 12.2. The molecule has 2 rings (SSSR count). The Labute approximate surface area is 117 Å². The number of hydrogen-bond donors (Lipinski definition) is 1. The van der Waals surface area contributed by atoms with Crippen molar-refractivity contribution in [3.05, 3.63) is 47.3 Å². The Balaban J connectivity index is 2.16. The lowest BCUT2D eigenvalue weighted by Gasteiger charge is -2.07. The summed E-state index contributed by atoms with van der Waals surface area (Å²) < 4.78 is 1.66. The molecule has 2 aromatic rings. The number of aryl methyl sites for hydroxylation is 2. The van der Waals surface area contributed by atoms with Crippen LogP contribution in [-0.2, 0) is 6.54 Å². The van der Waals surface area contributed by atoms with Gasteiger partial charge in [-0.1, -0.05) is 0 Å². The molecule has 5 heteroatoms. The summed E-state index contributed by atoms with van der Waals surface area (Å²) in [5.41, 5.74) is 2.61. The Hall–Kier alpha value is -2.43. The molecule has 5 nitrogen and oxygen atoms in total. The van der Waals surface area contributed by atoms with Crippen LogP contribution in [0.4, 0.5) is 5.69 Å². The highest BCUT2D eigenvalue weighted by molar-refractivity contribution is 6.03. The summed E-state index contributed by atoms with van der Waals surface area (Å²) in [6.45, 7) is 5.94. The van der Waals surface area contributed by atoms with E-state index in [1.54, 1.807) is 35.0 Å². The lowest BCUT2D eigenvalue weighted by molar-refractivity contribution is 0.101. The molecule has 0 fully saturated rings. The zero-order valence-corrected chi connectivity index (χ0v) is 11.8. The van der Waals surface area contributed by atoms with Gasteiger partial charge in [0, 0.05) is 17.8 Å². The van der Waals surface area contributed by atoms with E-state index in [0.29, 0.717) is 23.5 Å². The number of anilines is 1. The van der Waals surface area contributed by atoms with Crippen molar-refractivity contribution in [3.63, 3.8) is 0 Å². The zero-order valence-electron chi connectivity index (χ0n) is 11.8. The van der Waals surface area contributed by atoms with E-state index >= 15 is 0 Å². The number of hydrogen-bond acceptors (Lipinski definition) is 3. The van der Waals surface area contributed by atoms with Gasteiger partial charge in [-0.25, -0.2) is 0 Å². The highest BCUT2D eigenvalue weighted by Gasteiger charge is 2.13. The number of nitrogens with zero attached hydrogens (tertiary/aromatic N) is 2. The molecule has 1 N–H and O–H groups in total. The maximum atomic E-state index is 12.2. The van der Waals surface area contributed by atoms with Gasteiger partial charge in [0.1, 0.15) is 5.69 Å². The molecule has 0 bridgehead atoms. The number of Topliss-reactive ketones (excluding diaryl/α,β-unsaturated/α-hetero) is 1. The summed E-state index contributed by atoms with van der Waals surface area (Å²) in [5.74, 6) is -0.203. The summed E-state index contributed by atoms with van der Waals surface area (Å²) in [5, 5.41) is 7.04. The van der Waals surface area contributed by atoms with Crippen LogP contribution in [0.1, 0.15) is 40.4 Å². The van der Waals surface area contributed by atoms with E-state index in [4.69, 9.17) is 0 Å². The fraction of sp³-hybridized carbons (Fsp3) is 0.267. The second-order valence-corrected chi connectivity index (χ2v) is 4.57. The van der Waals surface area contributed by atoms with Crippen molar-refractivity contribution in [2.75, 3.05) is 5.32 Å². The van der Waals surface area contributed by atoms with Crippen LogP contribution in [0.15, 0.2) is 30.3 Å². The summed E-state index contributed by atoms with van der Waals surface area (Å²) in [6.07, 6.45) is 0. The average Bonchev–Trinajstić information content (AvgIpc) is 2.80. The SMILES string of the molecule is CCn1nc(C)cc1C(=O)Nc1ccc(C(C)=O)cc1. The van der Waals surface area contributed by atoms with Gasteiger partial charge in [0.15, 0.2) is 5.78 Å². The Bertz CT molecular complexity index is 642. The van der Waals surface area contributed by atoms with Gasteiger partial charge in [0.2, 0.25) is 0 Å². The van der Waals surface area contributed by atoms with Crippen molar-refractivity contribution < 1.29 is 9.59 Å². The molecule has 0 spiro atoms. The molecule has 0 aliphatic heterocycles. The van der Waals surface area contributed by atoms with E-state index in [9.17, 15) is 9.59 Å². The monoisotopic (exact) mass is 271 g/mol. The Morgan fingerprint density at radius 1 is 1.25 bits per heavy atom. The van der Waals surface area contributed by atoms with Crippen LogP contribution in [0.3, 0.4) is 0 Å². The summed E-state index contributed by atoms with van der Waals surface area (Å²) >= 11 is 0. The summed E-state index contributed by atoms with van der Waals surface area (Å²) in [6, 6.07) is 8.58. The molecule has 0 radical (unpaired) electrons. The van der Waals surface area contributed by atoms with Gasteiger partial charge >= 0.3 is 0 Å². The second-order valence-electron chi connectivity index (χ2n) is 4.57. The zero-order chi connectivity index (χ0) is 14.7. The van der Waals surface area contributed by atoms with Crippen molar-refractivity contribution in [3.8, 4) is 0 Å². The third kappa shape index (κ3) is 2.93. The van der Waals surface area contributed by atoms with E-state index in [1.807, 2.05) is 13.8 Å². The molecule has 0 atom stereocenters. The standard InChI is InChI=1S/C15H17N3O2/c1-4-18-14(9-10(2)17-18)15(20)16-13-7-5-12(6-8-13)11(3)19/h5-9H,4H2,1-3H3,(H,16,20). The lowest BCUT2D eigenvalue weighted by Crippen LogP contribution is -2.17. The van der Waals surface area contributed by atoms with E-state index in [0.717, 1.165) is 5.69 Å². The molecule has 0 saturated carbocycles. The first kappa shape index (κ1) is 14.0. The van der Waals surface area contributed by atoms with Crippen molar-refractivity contribution in [2.45, 2.75) is 27.3 Å². The predicted molar refractivity (Wildman–Crippen MR) is 77.0 cm³/mol. The smallest absolute Gasteiger partial charge is 0.273 e. The molecular formula is C15H17N3O2. The number of carbonyl (C=O) groups excluding carboxylic acids is 2. The fourth-order valence-electron chi connectivity index (χ4n) is 1.95. The van der Waals surface area contributed by atoms with Crippen molar-refractivity contribution in [2.24, 2.45) is 0 Å².